The predicted molar refractivity (Wildman–Crippen MR) is 80.4 cm³/mol. The SMILES string of the molecule is COC(=O)c1ccc(COC(=O)c2cc(N)c(C)s2)cc1. The molecule has 0 radical (unpaired) electrons. The normalized spacial score (nSPS) is 10.2. The van der Waals surface area contributed by atoms with Gasteiger partial charge in [-0.15, -0.1) is 11.3 Å². The summed E-state index contributed by atoms with van der Waals surface area (Å²) < 4.78 is 9.82. The number of esters is 2. The lowest BCUT2D eigenvalue weighted by Crippen LogP contribution is -2.04. The largest absolute Gasteiger partial charge is 0.465 e. The summed E-state index contributed by atoms with van der Waals surface area (Å²) in [6, 6.07) is 8.30. The van der Waals surface area contributed by atoms with Crippen molar-refractivity contribution in [3.8, 4) is 0 Å². The molecule has 0 aliphatic rings. The number of hydrogen-bond donors (Lipinski definition) is 1. The lowest BCUT2D eigenvalue weighted by molar-refractivity contribution is 0.0477. The lowest BCUT2D eigenvalue weighted by Gasteiger charge is -2.04. The number of anilines is 1. The first-order valence-electron chi connectivity index (χ1n) is 6.21. The number of thiophene rings is 1. The Labute approximate surface area is 126 Å². The van der Waals surface area contributed by atoms with E-state index in [9.17, 15) is 9.59 Å². The second kappa shape index (κ2) is 6.41. The first kappa shape index (κ1) is 15.1. The van der Waals surface area contributed by atoms with Crippen LogP contribution in [0.4, 0.5) is 5.69 Å². The third-order valence-electron chi connectivity index (χ3n) is 2.90. The van der Waals surface area contributed by atoms with E-state index >= 15 is 0 Å². The van der Waals surface area contributed by atoms with Crippen LogP contribution >= 0.6 is 11.3 Å². The first-order chi connectivity index (χ1) is 10.0. The molecule has 0 unspecified atom stereocenters. The number of benzene rings is 1. The molecule has 1 aromatic heterocycles. The summed E-state index contributed by atoms with van der Waals surface area (Å²) in [5.41, 5.74) is 7.54. The van der Waals surface area contributed by atoms with Crippen molar-refractivity contribution in [3.63, 3.8) is 0 Å². The molecule has 0 spiro atoms. The number of nitrogens with two attached hydrogens (primary N) is 1. The highest BCUT2D eigenvalue weighted by Crippen LogP contribution is 2.24. The Morgan fingerprint density at radius 2 is 1.86 bits per heavy atom. The molecular formula is C15H15NO4S. The summed E-state index contributed by atoms with van der Waals surface area (Å²) in [4.78, 5) is 24.5. The van der Waals surface area contributed by atoms with Crippen molar-refractivity contribution < 1.29 is 19.1 Å². The number of methoxy groups -OCH3 is 1. The minimum Gasteiger partial charge on any atom is -0.465 e. The molecule has 6 heteroatoms. The summed E-state index contributed by atoms with van der Waals surface area (Å²) in [6.45, 7) is 1.99. The smallest absolute Gasteiger partial charge is 0.348 e. The van der Waals surface area contributed by atoms with E-state index in [0.717, 1.165) is 10.4 Å². The molecule has 5 nitrogen and oxygen atoms in total. The zero-order chi connectivity index (χ0) is 15.4. The maximum Gasteiger partial charge on any atom is 0.348 e. The quantitative estimate of drug-likeness (QED) is 0.879. The molecule has 110 valence electrons. The first-order valence-corrected chi connectivity index (χ1v) is 7.03. The molecule has 0 fully saturated rings. The molecule has 0 atom stereocenters. The highest BCUT2D eigenvalue weighted by Gasteiger charge is 2.12. The van der Waals surface area contributed by atoms with Gasteiger partial charge in [-0.2, -0.15) is 0 Å². The van der Waals surface area contributed by atoms with Crippen LogP contribution in [0.3, 0.4) is 0 Å². The molecule has 0 amide bonds. The van der Waals surface area contributed by atoms with Gasteiger partial charge in [0.2, 0.25) is 0 Å². The number of nitrogen functional groups attached to an aromatic ring is 1. The van der Waals surface area contributed by atoms with Crippen molar-refractivity contribution in [2.24, 2.45) is 0 Å². The second-order valence-corrected chi connectivity index (χ2v) is 5.64. The van der Waals surface area contributed by atoms with E-state index in [1.54, 1.807) is 30.3 Å². The van der Waals surface area contributed by atoms with Crippen LogP contribution in [0.15, 0.2) is 30.3 Å². The van der Waals surface area contributed by atoms with Gasteiger partial charge in [-0.25, -0.2) is 9.59 Å². The Balaban J connectivity index is 1.96. The van der Waals surface area contributed by atoms with Gasteiger partial charge in [-0.05, 0) is 30.7 Å². The Kier molecular flexibility index (Phi) is 4.59. The van der Waals surface area contributed by atoms with Crippen LogP contribution in [0, 0.1) is 6.92 Å². The van der Waals surface area contributed by atoms with Gasteiger partial charge < -0.3 is 15.2 Å². The van der Waals surface area contributed by atoms with Gasteiger partial charge in [0.1, 0.15) is 11.5 Å². The third-order valence-corrected chi connectivity index (χ3v) is 3.95. The molecular weight excluding hydrogens is 290 g/mol. The molecule has 2 rings (SSSR count). The Hall–Kier alpha value is -2.34. The monoisotopic (exact) mass is 305 g/mol. The fourth-order valence-electron chi connectivity index (χ4n) is 1.67. The van der Waals surface area contributed by atoms with Crippen molar-refractivity contribution >= 4 is 29.0 Å². The molecule has 0 aliphatic carbocycles. The van der Waals surface area contributed by atoms with Crippen LogP contribution in [0.2, 0.25) is 0 Å². The van der Waals surface area contributed by atoms with Crippen molar-refractivity contribution in [1.29, 1.82) is 0 Å². The molecule has 0 saturated carbocycles. The maximum atomic E-state index is 11.9. The number of aryl methyl sites for hydroxylation is 1. The van der Waals surface area contributed by atoms with Gasteiger partial charge in [0.15, 0.2) is 0 Å². The molecule has 2 aromatic rings. The number of carbonyl (C=O) groups is 2. The van der Waals surface area contributed by atoms with E-state index < -0.39 is 11.9 Å². The number of carbonyl (C=O) groups excluding carboxylic acids is 2. The van der Waals surface area contributed by atoms with Gasteiger partial charge in [0.05, 0.1) is 12.7 Å². The summed E-state index contributed by atoms with van der Waals surface area (Å²) >= 11 is 1.31. The van der Waals surface area contributed by atoms with E-state index in [1.807, 2.05) is 6.92 Å². The highest BCUT2D eigenvalue weighted by atomic mass is 32.1. The Morgan fingerprint density at radius 1 is 1.19 bits per heavy atom. The molecule has 2 N–H and O–H groups in total. The zero-order valence-corrected chi connectivity index (χ0v) is 12.5. The van der Waals surface area contributed by atoms with Crippen molar-refractivity contribution in [3.05, 3.63) is 51.2 Å². The molecule has 0 aliphatic heterocycles. The van der Waals surface area contributed by atoms with Crippen LogP contribution in [-0.4, -0.2) is 19.0 Å². The van der Waals surface area contributed by atoms with Crippen molar-refractivity contribution in [2.75, 3.05) is 12.8 Å². The van der Waals surface area contributed by atoms with E-state index in [-0.39, 0.29) is 6.61 Å². The third kappa shape index (κ3) is 3.61. The van der Waals surface area contributed by atoms with Gasteiger partial charge in [-0.3, -0.25) is 0 Å². The van der Waals surface area contributed by atoms with Gasteiger partial charge >= 0.3 is 11.9 Å². The highest BCUT2D eigenvalue weighted by molar-refractivity contribution is 7.14. The van der Waals surface area contributed by atoms with Crippen LogP contribution in [-0.2, 0) is 16.1 Å². The van der Waals surface area contributed by atoms with Gasteiger partial charge in [0, 0.05) is 10.6 Å². The van der Waals surface area contributed by atoms with Crippen molar-refractivity contribution in [1.82, 2.24) is 0 Å². The number of hydrogen-bond acceptors (Lipinski definition) is 6. The average molecular weight is 305 g/mol. The molecule has 0 bridgehead atoms. The van der Waals surface area contributed by atoms with Crippen molar-refractivity contribution in [2.45, 2.75) is 13.5 Å². The summed E-state index contributed by atoms with van der Waals surface area (Å²) in [5.74, 6) is -0.806. The molecule has 1 aromatic carbocycles. The summed E-state index contributed by atoms with van der Waals surface area (Å²) in [7, 11) is 1.33. The topological polar surface area (TPSA) is 78.6 Å². The van der Waals surface area contributed by atoms with E-state index in [0.29, 0.717) is 16.1 Å². The Bertz CT molecular complexity index is 641. The summed E-state index contributed by atoms with van der Waals surface area (Å²) in [5, 5.41) is 0. The fourth-order valence-corrected chi connectivity index (χ4v) is 2.51. The molecule has 1 heterocycles. The minimum absolute atomic E-state index is 0.136. The fraction of sp³-hybridized carbons (Fsp3) is 0.200. The van der Waals surface area contributed by atoms with Crippen LogP contribution in [0.1, 0.15) is 30.5 Å². The van der Waals surface area contributed by atoms with Crippen LogP contribution in [0.25, 0.3) is 0 Å². The van der Waals surface area contributed by atoms with E-state index in [4.69, 9.17) is 10.5 Å². The van der Waals surface area contributed by atoms with E-state index in [1.165, 1.54) is 18.4 Å². The molecule has 0 saturated heterocycles. The number of rotatable bonds is 4. The number of ether oxygens (including phenoxy) is 2. The average Bonchev–Trinajstić information content (AvgIpc) is 2.84. The van der Waals surface area contributed by atoms with Crippen LogP contribution < -0.4 is 5.73 Å². The lowest BCUT2D eigenvalue weighted by atomic mass is 10.1. The van der Waals surface area contributed by atoms with E-state index in [2.05, 4.69) is 4.74 Å². The molecule has 21 heavy (non-hydrogen) atoms. The maximum absolute atomic E-state index is 11.9. The summed E-state index contributed by atoms with van der Waals surface area (Å²) in [6.07, 6.45) is 0. The standard InChI is InChI=1S/C15H15NO4S/c1-9-12(16)7-13(21-9)15(18)20-8-10-3-5-11(6-4-10)14(17)19-2/h3-7H,8,16H2,1-2H3. The zero-order valence-electron chi connectivity index (χ0n) is 11.7. The second-order valence-electron chi connectivity index (χ2n) is 4.39. The van der Waals surface area contributed by atoms with Gasteiger partial charge in [-0.1, -0.05) is 12.1 Å². The van der Waals surface area contributed by atoms with Crippen LogP contribution in [0.5, 0.6) is 0 Å². The Morgan fingerprint density at radius 3 is 2.38 bits per heavy atom. The van der Waals surface area contributed by atoms with Gasteiger partial charge in [0.25, 0.3) is 0 Å². The predicted octanol–water partition coefficient (Wildman–Crippen LogP) is 2.78. The minimum atomic E-state index is -0.406.